The largest absolute Gasteiger partial charge is 0.493 e. The van der Waals surface area contributed by atoms with Gasteiger partial charge in [-0.3, -0.25) is 4.79 Å². The van der Waals surface area contributed by atoms with E-state index in [0.29, 0.717) is 36.7 Å². The lowest BCUT2D eigenvalue weighted by Crippen LogP contribution is -2.24. The van der Waals surface area contributed by atoms with E-state index in [4.69, 9.17) is 24.1 Å². The number of carbonyl (C=O) groups is 1. The Bertz CT molecular complexity index is 1240. The number of rotatable bonds is 13. The first-order chi connectivity index (χ1) is 18.4. The van der Waals surface area contributed by atoms with Crippen LogP contribution in [0.15, 0.2) is 28.8 Å². The van der Waals surface area contributed by atoms with Gasteiger partial charge in [-0.05, 0) is 69.0 Å². The molecule has 0 spiro atoms. The first-order valence-electron chi connectivity index (χ1n) is 13.4. The topological polar surface area (TPSA) is 111 Å². The molecule has 0 saturated heterocycles. The van der Waals surface area contributed by atoms with Crippen molar-refractivity contribution in [1.82, 2.24) is 20.0 Å². The molecule has 1 aliphatic rings. The number of ether oxygens (including phenoxy) is 2. The van der Waals surface area contributed by atoms with E-state index in [9.17, 15) is 4.79 Å². The summed E-state index contributed by atoms with van der Waals surface area (Å²) in [7, 11) is 3.55. The molecule has 0 bridgehead atoms. The maximum atomic E-state index is 10.7. The van der Waals surface area contributed by atoms with Crippen molar-refractivity contribution in [2.24, 2.45) is 0 Å². The fraction of sp³-hybridized carbons (Fsp3) is 0.517. The number of carboxylic acid groups (broad SMARTS) is 1. The summed E-state index contributed by atoms with van der Waals surface area (Å²) in [6.45, 7) is 5.99. The third-order valence-electron chi connectivity index (χ3n) is 7.11. The van der Waals surface area contributed by atoms with Gasteiger partial charge in [-0.15, -0.1) is 0 Å². The highest BCUT2D eigenvalue weighted by Crippen LogP contribution is 2.36. The summed E-state index contributed by atoms with van der Waals surface area (Å²) in [4.78, 5) is 22.1. The molecule has 1 fully saturated rings. The van der Waals surface area contributed by atoms with Crippen molar-refractivity contribution in [3.05, 3.63) is 41.1 Å². The Balaban J connectivity index is 1.47. The summed E-state index contributed by atoms with van der Waals surface area (Å²) in [5, 5.41) is 13.1. The van der Waals surface area contributed by atoms with Crippen LogP contribution in [0.4, 0.5) is 0 Å². The van der Waals surface area contributed by atoms with Gasteiger partial charge in [0.15, 0.2) is 0 Å². The predicted octanol–water partition coefficient (Wildman–Crippen LogP) is 5.51. The van der Waals surface area contributed by atoms with Crippen LogP contribution < -0.4 is 9.47 Å². The SMILES string of the molecule is CCc1cc(-c2noc(-c3cc(OC)nc(C4CCCC4)c3)n2)cc(C)c1OCCCN(C)CCC(=O)O. The van der Waals surface area contributed by atoms with Crippen LogP contribution in [0.5, 0.6) is 11.6 Å². The number of methoxy groups -OCH3 is 1. The number of benzene rings is 1. The van der Waals surface area contributed by atoms with Gasteiger partial charge in [0.1, 0.15) is 5.75 Å². The number of aliphatic carboxylic acids is 1. The van der Waals surface area contributed by atoms with Crippen LogP contribution in [0.3, 0.4) is 0 Å². The second kappa shape index (κ2) is 12.9. The van der Waals surface area contributed by atoms with E-state index in [0.717, 1.165) is 65.9 Å². The van der Waals surface area contributed by atoms with E-state index in [1.807, 2.05) is 31.0 Å². The number of nitrogens with zero attached hydrogens (tertiary/aromatic N) is 4. The standard InChI is InChI=1S/C29H38N4O5/c1-5-20-16-22(15-19(2)27(20)37-14-8-12-33(3)13-11-26(34)35)28-31-29(38-32-28)23-17-24(21-9-6-7-10-21)30-25(18-23)36-4/h15-18,21H,5-14H2,1-4H3,(H,34,35). The minimum Gasteiger partial charge on any atom is -0.493 e. The van der Waals surface area contributed by atoms with E-state index in [-0.39, 0.29) is 6.42 Å². The van der Waals surface area contributed by atoms with Crippen molar-refractivity contribution in [3.63, 3.8) is 0 Å². The quantitative estimate of drug-likeness (QED) is 0.290. The molecule has 1 aliphatic carbocycles. The van der Waals surface area contributed by atoms with Crippen LogP contribution in [0.2, 0.25) is 0 Å². The molecule has 0 radical (unpaired) electrons. The summed E-state index contributed by atoms with van der Waals surface area (Å²) in [6, 6.07) is 7.98. The number of pyridine rings is 1. The van der Waals surface area contributed by atoms with Gasteiger partial charge in [0.2, 0.25) is 11.7 Å². The molecule has 0 atom stereocenters. The molecule has 2 heterocycles. The third kappa shape index (κ3) is 6.89. The van der Waals surface area contributed by atoms with Crippen molar-refractivity contribution < 1.29 is 23.9 Å². The van der Waals surface area contributed by atoms with Crippen molar-refractivity contribution in [1.29, 1.82) is 0 Å². The molecule has 1 saturated carbocycles. The highest BCUT2D eigenvalue weighted by molar-refractivity contribution is 5.67. The molecule has 9 heteroatoms. The molecule has 4 rings (SSSR count). The molecule has 1 N–H and O–H groups in total. The highest BCUT2D eigenvalue weighted by Gasteiger charge is 2.22. The number of aromatic nitrogens is 3. The van der Waals surface area contributed by atoms with Gasteiger partial charge < -0.3 is 24.0 Å². The van der Waals surface area contributed by atoms with Gasteiger partial charge in [-0.2, -0.15) is 4.98 Å². The molecule has 9 nitrogen and oxygen atoms in total. The monoisotopic (exact) mass is 522 g/mol. The zero-order valence-electron chi connectivity index (χ0n) is 22.8. The molecular formula is C29H38N4O5. The summed E-state index contributed by atoms with van der Waals surface area (Å²) in [6.07, 6.45) is 6.50. The lowest BCUT2D eigenvalue weighted by atomic mass is 10.0. The normalized spacial score (nSPS) is 13.8. The Morgan fingerprint density at radius 2 is 1.92 bits per heavy atom. The van der Waals surface area contributed by atoms with E-state index in [2.05, 4.69) is 29.2 Å². The average Bonchev–Trinajstić information content (AvgIpc) is 3.63. The van der Waals surface area contributed by atoms with Gasteiger partial charge in [0, 0.05) is 41.9 Å². The van der Waals surface area contributed by atoms with E-state index < -0.39 is 5.97 Å². The molecular weight excluding hydrogens is 484 g/mol. The van der Waals surface area contributed by atoms with E-state index in [1.165, 1.54) is 12.8 Å². The molecule has 0 amide bonds. The van der Waals surface area contributed by atoms with Gasteiger partial charge in [0.25, 0.3) is 5.89 Å². The predicted molar refractivity (Wildman–Crippen MR) is 145 cm³/mol. The molecule has 3 aromatic rings. The van der Waals surface area contributed by atoms with Gasteiger partial charge in [-0.1, -0.05) is 24.9 Å². The zero-order valence-corrected chi connectivity index (χ0v) is 22.8. The van der Waals surface area contributed by atoms with Crippen molar-refractivity contribution in [3.8, 4) is 34.5 Å². The Morgan fingerprint density at radius 1 is 1.13 bits per heavy atom. The molecule has 0 unspecified atom stereocenters. The fourth-order valence-electron chi connectivity index (χ4n) is 4.99. The second-order valence-corrected chi connectivity index (χ2v) is 10.0. The van der Waals surface area contributed by atoms with Crippen molar-refractivity contribution >= 4 is 5.97 Å². The summed E-state index contributed by atoms with van der Waals surface area (Å²) < 4.78 is 17.3. The summed E-state index contributed by atoms with van der Waals surface area (Å²) in [5.74, 6) is 2.08. The Kier molecular flexibility index (Phi) is 9.33. The minimum absolute atomic E-state index is 0.145. The minimum atomic E-state index is -0.778. The Hall–Kier alpha value is -3.46. The van der Waals surface area contributed by atoms with Crippen LogP contribution in [0.25, 0.3) is 22.8 Å². The van der Waals surface area contributed by atoms with Crippen LogP contribution >= 0.6 is 0 Å². The van der Waals surface area contributed by atoms with Gasteiger partial charge in [-0.25, -0.2) is 4.98 Å². The van der Waals surface area contributed by atoms with E-state index >= 15 is 0 Å². The lowest BCUT2D eigenvalue weighted by Gasteiger charge is -2.17. The lowest BCUT2D eigenvalue weighted by molar-refractivity contribution is -0.137. The summed E-state index contributed by atoms with van der Waals surface area (Å²) in [5.41, 5.74) is 4.82. The molecule has 0 aliphatic heterocycles. The average molecular weight is 523 g/mol. The van der Waals surface area contributed by atoms with Crippen LogP contribution in [0, 0.1) is 6.92 Å². The van der Waals surface area contributed by atoms with Gasteiger partial charge >= 0.3 is 5.97 Å². The first kappa shape index (κ1) is 27.6. The van der Waals surface area contributed by atoms with Crippen LogP contribution in [-0.4, -0.2) is 65.0 Å². The number of hydrogen-bond donors (Lipinski definition) is 1. The third-order valence-corrected chi connectivity index (χ3v) is 7.11. The maximum absolute atomic E-state index is 10.7. The first-order valence-corrected chi connectivity index (χ1v) is 13.4. The number of aryl methyl sites for hydroxylation is 2. The van der Waals surface area contributed by atoms with E-state index in [1.54, 1.807) is 7.11 Å². The molecule has 204 valence electrons. The molecule has 1 aromatic carbocycles. The zero-order chi connectivity index (χ0) is 27.1. The Labute approximate surface area is 224 Å². The molecule has 38 heavy (non-hydrogen) atoms. The van der Waals surface area contributed by atoms with Crippen molar-refractivity contribution in [2.75, 3.05) is 33.9 Å². The number of carboxylic acids is 1. The van der Waals surface area contributed by atoms with Crippen LogP contribution in [0.1, 0.15) is 68.2 Å². The van der Waals surface area contributed by atoms with Crippen molar-refractivity contribution in [2.45, 2.75) is 64.7 Å². The van der Waals surface area contributed by atoms with Crippen LogP contribution in [-0.2, 0) is 11.2 Å². The summed E-state index contributed by atoms with van der Waals surface area (Å²) >= 11 is 0. The number of hydrogen-bond acceptors (Lipinski definition) is 8. The smallest absolute Gasteiger partial charge is 0.304 e. The Morgan fingerprint density at radius 3 is 2.63 bits per heavy atom. The van der Waals surface area contributed by atoms with Gasteiger partial charge in [0.05, 0.1) is 20.1 Å². The maximum Gasteiger partial charge on any atom is 0.304 e. The second-order valence-electron chi connectivity index (χ2n) is 10.0. The highest BCUT2D eigenvalue weighted by atomic mass is 16.5. The molecule has 2 aromatic heterocycles. The fourth-order valence-corrected chi connectivity index (χ4v) is 4.99.